The minimum atomic E-state index is -0.298. The van der Waals surface area contributed by atoms with Crippen molar-refractivity contribution in [2.45, 2.75) is 25.9 Å². The van der Waals surface area contributed by atoms with Gasteiger partial charge in [0.25, 0.3) is 5.56 Å². The molecule has 20 heavy (non-hydrogen) atoms. The standard InChI is InChI=1S/C13H15ClN4O2/c1-20-8-10-15-11-9(6-4-2-3-5-7-14)17-18-12(11)13(19)16-10/h2-3,5,7-8H2,1H3,(H,17,18)(H,15,16,19). The second-order valence-electron chi connectivity index (χ2n) is 4.19. The predicted octanol–water partition coefficient (Wildman–Crippen LogP) is 1.55. The molecule has 7 heteroatoms. The van der Waals surface area contributed by atoms with Crippen LogP contribution in [0.4, 0.5) is 0 Å². The van der Waals surface area contributed by atoms with Crippen LogP contribution in [0.1, 0.15) is 30.8 Å². The average Bonchev–Trinajstić information content (AvgIpc) is 2.83. The second kappa shape index (κ2) is 7.08. The van der Waals surface area contributed by atoms with E-state index in [-0.39, 0.29) is 17.7 Å². The van der Waals surface area contributed by atoms with Gasteiger partial charge in [0.1, 0.15) is 23.6 Å². The van der Waals surface area contributed by atoms with Gasteiger partial charge in [-0.3, -0.25) is 9.89 Å². The number of aromatic nitrogens is 4. The van der Waals surface area contributed by atoms with Crippen LogP contribution in [0.5, 0.6) is 0 Å². The molecule has 2 heterocycles. The molecular formula is C13H15ClN4O2. The lowest BCUT2D eigenvalue weighted by atomic mass is 10.2. The summed E-state index contributed by atoms with van der Waals surface area (Å²) in [4.78, 5) is 18.7. The normalized spacial score (nSPS) is 10.5. The van der Waals surface area contributed by atoms with E-state index in [1.807, 2.05) is 0 Å². The summed E-state index contributed by atoms with van der Waals surface area (Å²) in [6.45, 7) is 0.235. The Labute approximate surface area is 120 Å². The van der Waals surface area contributed by atoms with E-state index in [1.165, 1.54) is 7.11 Å². The first kappa shape index (κ1) is 14.6. The number of unbranched alkanes of at least 4 members (excludes halogenated alkanes) is 2. The van der Waals surface area contributed by atoms with Gasteiger partial charge in [0.05, 0.1) is 0 Å². The molecule has 0 bridgehead atoms. The third-order valence-electron chi connectivity index (χ3n) is 2.64. The van der Waals surface area contributed by atoms with Gasteiger partial charge in [-0.05, 0) is 18.8 Å². The Morgan fingerprint density at radius 1 is 1.35 bits per heavy atom. The summed E-state index contributed by atoms with van der Waals surface area (Å²) in [6, 6.07) is 0. The van der Waals surface area contributed by atoms with Gasteiger partial charge in [0.2, 0.25) is 0 Å². The molecule has 0 saturated heterocycles. The van der Waals surface area contributed by atoms with Gasteiger partial charge in [-0.25, -0.2) is 4.98 Å². The van der Waals surface area contributed by atoms with Gasteiger partial charge >= 0.3 is 0 Å². The summed E-state index contributed by atoms with van der Waals surface area (Å²) < 4.78 is 4.96. The number of fused-ring (bicyclic) bond motifs is 1. The van der Waals surface area contributed by atoms with E-state index >= 15 is 0 Å². The van der Waals surface area contributed by atoms with Crippen LogP contribution >= 0.6 is 11.6 Å². The zero-order valence-electron chi connectivity index (χ0n) is 11.1. The van der Waals surface area contributed by atoms with Crippen molar-refractivity contribution in [3.63, 3.8) is 0 Å². The van der Waals surface area contributed by atoms with E-state index < -0.39 is 0 Å². The summed E-state index contributed by atoms with van der Waals surface area (Å²) in [5.41, 5.74) is 0.989. The highest BCUT2D eigenvalue weighted by Gasteiger charge is 2.10. The number of hydrogen-bond acceptors (Lipinski definition) is 4. The lowest BCUT2D eigenvalue weighted by molar-refractivity contribution is 0.178. The highest BCUT2D eigenvalue weighted by atomic mass is 35.5. The molecule has 0 radical (unpaired) electrons. The fourth-order valence-electron chi connectivity index (χ4n) is 1.71. The number of H-pyrrole nitrogens is 2. The summed E-state index contributed by atoms with van der Waals surface area (Å²) in [5.74, 6) is 7.08. The van der Waals surface area contributed by atoms with Gasteiger partial charge in [-0.2, -0.15) is 5.10 Å². The predicted molar refractivity (Wildman–Crippen MR) is 76.7 cm³/mol. The van der Waals surface area contributed by atoms with E-state index in [4.69, 9.17) is 16.3 Å². The van der Waals surface area contributed by atoms with Crippen LogP contribution in [0.2, 0.25) is 0 Å². The first-order valence-electron chi connectivity index (χ1n) is 6.27. The maximum Gasteiger partial charge on any atom is 0.279 e. The zero-order chi connectivity index (χ0) is 14.4. The highest BCUT2D eigenvalue weighted by molar-refractivity contribution is 6.17. The SMILES string of the molecule is COCc1nc2c(C#CCCCCCl)[nH]nc2c(=O)[nH]1. The van der Waals surface area contributed by atoms with Gasteiger partial charge in [0, 0.05) is 19.4 Å². The Morgan fingerprint density at radius 3 is 2.95 bits per heavy atom. The van der Waals surface area contributed by atoms with Crippen molar-refractivity contribution >= 4 is 22.6 Å². The van der Waals surface area contributed by atoms with Crippen molar-refractivity contribution in [1.82, 2.24) is 20.2 Å². The Hall–Kier alpha value is -1.84. The largest absolute Gasteiger partial charge is 0.377 e. The van der Waals surface area contributed by atoms with Crippen molar-refractivity contribution in [2.24, 2.45) is 0 Å². The highest BCUT2D eigenvalue weighted by Crippen LogP contribution is 2.08. The van der Waals surface area contributed by atoms with Crippen molar-refractivity contribution in [3.8, 4) is 11.8 Å². The second-order valence-corrected chi connectivity index (χ2v) is 4.57. The van der Waals surface area contributed by atoms with Crippen molar-refractivity contribution < 1.29 is 4.74 Å². The van der Waals surface area contributed by atoms with Crippen LogP contribution in [0.25, 0.3) is 11.0 Å². The fourth-order valence-corrected chi connectivity index (χ4v) is 1.90. The summed E-state index contributed by atoms with van der Waals surface area (Å²) in [7, 11) is 1.54. The van der Waals surface area contributed by atoms with Crippen molar-refractivity contribution in [1.29, 1.82) is 0 Å². The molecule has 0 spiro atoms. The zero-order valence-corrected chi connectivity index (χ0v) is 11.9. The fraction of sp³-hybridized carbons (Fsp3) is 0.462. The van der Waals surface area contributed by atoms with Gasteiger partial charge in [-0.1, -0.05) is 5.92 Å². The average molecular weight is 295 g/mol. The van der Waals surface area contributed by atoms with Crippen LogP contribution < -0.4 is 5.56 Å². The maximum absolute atomic E-state index is 11.8. The lowest BCUT2D eigenvalue weighted by Crippen LogP contribution is -2.12. The molecule has 2 N–H and O–H groups in total. The van der Waals surface area contributed by atoms with E-state index in [1.54, 1.807) is 0 Å². The molecule has 0 aliphatic rings. The molecule has 106 valence electrons. The van der Waals surface area contributed by atoms with Crippen molar-refractivity contribution in [3.05, 3.63) is 21.9 Å². The summed E-state index contributed by atoms with van der Waals surface area (Å²) in [6.07, 6.45) is 2.64. The number of aromatic amines is 2. The lowest BCUT2D eigenvalue weighted by Gasteiger charge is -1.97. The van der Waals surface area contributed by atoms with E-state index in [2.05, 4.69) is 32.0 Å². The van der Waals surface area contributed by atoms with Crippen LogP contribution in [0, 0.1) is 11.8 Å². The molecule has 0 aliphatic heterocycles. The third-order valence-corrected chi connectivity index (χ3v) is 2.91. The monoisotopic (exact) mass is 294 g/mol. The molecule has 0 aliphatic carbocycles. The quantitative estimate of drug-likeness (QED) is 0.498. The summed E-state index contributed by atoms with van der Waals surface area (Å²) >= 11 is 5.60. The van der Waals surface area contributed by atoms with Gasteiger partial charge < -0.3 is 9.72 Å². The maximum atomic E-state index is 11.8. The molecule has 0 aromatic carbocycles. The molecule has 0 fully saturated rings. The molecule has 0 atom stereocenters. The molecule has 0 saturated carbocycles. The summed E-state index contributed by atoms with van der Waals surface area (Å²) in [5, 5.41) is 6.68. The van der Waals surface area contributed by atoms with Crippen LogP contribution in [-0.2, 0) is 11.3 Å². The van der Waals surface area contributed by atoms with E-state index in [9.17, 15) is 4.79 Å². The number of alkyl halides is 1. The van der Waals surface area contributed by atoms with Crippen LogP contribution in [0.15, 0.2) is 4.79 Å². The van der Waals surface area contributed by atoms with Gasteiger partial charge in [0.15, 0.2) is 5.52 Å². The first-order chi connectivity index (χ1) is 9.76. The Kier molecular flexibility index (Phi) is 5.16. The molecule has 2 rings (SSSR count). The first-order valence-corrected chi connectivity index (χ1v) is 6.80. The van der Waals surface area contributed by atoms with E-state index in [0.29, 0.717) is 22.9 Å². The molecule has 2 aromatic heterocycles. The molecule has 2 aromatic rings. The van der Waals surface area contributed by atoms with Crippen LogP contribution in [0.3, 0.4) is 0 Å². The van der Waals surface area contributed by atoms with Crippen molar-refractivity contribution in [2.75, 3.05) is 13.0 Å². The Morgan fingerprint density at radius 2 is 2.20 bits per heavy atom. The minimum absolute atomic E-state index is 0.235. The van der Waals surface area contributed by atoms with Crippen LogP contribution in [-0.4, -0.2) is 33.2 Å². The third kappa shape index (κ3) is 3.38. The number of halogens is 1. The molecule has 0 amide bonds. The Bertz CT molecular complexity index is 696. The minimum Gasteiger partial charge on any atom is -0.377 e. The number of hydrogen-bond donors (Lipinski definition) is 2. The molecule has 6 nitrogen and oxygen atoms in total. The molecule has 0 unspecified atom stereocenters. The smallest absolute Gasteiger partial charge is 0.279 e. The number of nitrogens with one attached hydrogen (secondary N) is 2. The number of ether oxygens (including phenoxy) is 1. The molecular weight excluding hydrogens is 280 g/mol. The number of methoxy groups -OCH3 is 1. The van der Waals surface area contributed by atoms with E-state index in [0.717, 1.165) is 19.3 Å². The Balaban J connectivity index is 2.27. The number of nitrogens with zero attached hydrogens (tertiary/aromatic N) is 2. The number of rotatable bonds is 5. The topological polar surface area (TPSA) is 83.7 Å². The van der Waals surface area contributed by atoms with Gasteiger partial charge in [-0.15, -0.1) is 11.6 Å².